The fourth-order valence-corrected chi connectivity index (χ4v) is 3.32. The number of hydrogen-bond donors (Lipinski definition) is 1. The topological polar surface area (TPSA) is 72.1 Å². The van der Waals surface area contributed by atoms with Crippen LogP contribution in [0.4, 0.5) is 0 Å². The lowest BCUT2D eigenvalue weighted by Gasteiger charge is -2.03. The number of rotatable bonds is 5. The van der Waals surface area contributed by atoms with Crippen LogP contribution in [0.1, 0.15) is 12.1 Å². The molecule has 0 unspecified atom stereocenters. The van der Waals surface area contributed by atoms with E-state index >= 15 is 0 Å². The molecule has 0 bridgehead atoms. The zero-order valence-electron chi connectivity index (χ0n) is 10.1. The van der Waals surface area contributed by atoms with Crippen LogP contribution in [0.3, 0.4) is 0 Å². The number of methoxy groups -OCH3 is 1. The quantitative estimate of drug-likeness (QED) is 0.387. The van der Waals surface area contributed by atoms with Crippen LogP contribution < -0.4 is 5.56 Å². The second-order valence-corrected chi connectivity index (χ2v) is 6.82. The first-order valence-corrected chi connectivity index (χ1v) is 7.32. The molecule has 1 N–H and O–H groups in total. The Hall–Kier alpha value is -0.720. The van der Waals surface area contributed by atoms with Crippen molar-refractivity contribution in [1.29, 1.82) is 0 Å². The molecule has 2 rings (SSSR count). The van der Waals surface area contributed by atoms with Crippen LogP contribution in [-0.4, -0.2) is 33.1 Å². The predicted molar refractivity (Wildman–Crippen MR) is 73.8 cm³/mol. The van der Waals surface area contributed by atoms with Gasteiger partial charge in [0.15, 0.2) is 5.16 Å². The van der Waals surface area contributed by atoms with Gasteiger partial charge in [-0.3, -0.25) is 9.59 Å². The molecular formula is C11H12Cl2N2O3S. The standard InChI is InChI=1S/C11H12Cl2N2O3S/c1-18-9(17)3-7-2-8(16)15-10(14-7)19-5-6-4-11(6,12)13/h2,6H,3-5H2,1H3,(H,14,15,16)/t6-/m1/s1. The van der Waals surface area contributed by atoms with Gasteiger partial charge in [-0.1, -0.05) is 11.8 Å². The number of halogens is 2. The average molecular weight is 323 g/mol. The van der Waals surface area contributed by atoms with Gasteiger partial charge in [0.2, 0.25) is 0 Å². The van der Waals surface area contributed by atoms with Crippen molar-refractivity contribution in [2.75, 3.05) is 12.9 Å². The molecule has 1 aromatic rings. The number of aromatic nitrogens is 2. The van der Waals surface area contributed by atoms with E-state index in [1.54, 1.807) is 0 Å². The molecule has 8 heteroatoms. The van der Waals surface area contributed by atoms with Crippen LogP contribution in [0.2, 0.25) is 0 Å². The number of ether oxygens (including phenoxy) is 1. The summed E-state index contributed by atoms with van der Waals surface area (Å²) < 4.78 is 3.89. The number of alkyl halides is 2. The second kappa shape index (κ2) is 5.73. The molecule has 1 heterocycles. The molecule has 1 fully saturated rings. The van der Waals surface area contributed by atoms with Crippen LogP contribution in [0.5, 0.6) is 0 Å². The average Bonchev–Trinajstić information content (AvgIpc) is 2.93. The van der Waals surface area contributed by atoms with Crippen molar-refractivity contribution in [3.8, 4) is 0 Å². The Labute approximate surface area is 124 Å². The van der Waals surface area contributed by atoms with Crippen LogP contribution in [-0.2, 0) is 16.0 Å². The van der Waals surface area contributed by atoms with Gasteiger partial charge in [0.05, 0.1) is 19.2 Å². The van der Waals surface area contributed by atoms with Gasteiger partial charge >= 0.3 is 5.97 Å². The number of nitrogens with zero attached hydrogens (tertiary/aromatic N) is 1. The molecule has 0 saturated heterocycles. The number of H-pyrrole nitrogens is 1. The summed E-state index contributed by atoms with van der Waals surface area (Å²) in [6.45, 7) is 0. The van der Waals surface area contributed by atoms with E-state index in [2.05, 4.69) is 14.7 Å². The van der Waals surface area contributed by atoms with Gasteiger partial charge in [0.1, 0.15) is 4.33 Å². The third kappa shape index (κ3) is 4.12. The van der Waals surface area contributed by atoms with Crippen LogP contribution in [0.15, 0.2) is 16.0 Å². The van der Waals surface area contributed by atoms with Crippen molar-refractivity contribution < 1.29 is 9.53 Å². The highest BCUT2D eigenvalue weighted by Crippen LogP contribution is 2.54. The fraction of sp³-hybridized carbons (Fsp3) is 0.545. The molecule has 1 aliphatic rings. The van der Waals surface area contributed by atoms with Crippen molar-refractivity contribution in [1.82, 2.24) is 9.97 Å². The Morgan fingerprint density at radius 3 is 2.95 bits per heavy atom. The van der Waals surface area contributed by atoms with Crippen LogP contribution in [0.25, 0.3) is 0 Å². The highest BCUT2D eigenvalue weighted by Gasteiger charge is 2.51. The molecule has 104 valence electrons. The Morgan fingerprint density at radius 2 is 2.37 bits per heavy atom. The zero-order chi connectivity index (χ0) is 14.0. The third-order valence-corrected chi connectivity index (χ3v) is 4.66. The number of nitrogens with one attached hydrogen (secondary N) is 1. The Balaban J connectivity index is 2.00. The van der Waals surface area contributed by atoms with Gasteiger partial charge < -0.3 is 9.72 Å². The van der Waals surface area contributed by atoms with E-state index in [1.165, 1.54) is 24.9 Å². The van der Waals surface area contributed by atoms with Crippen molar-refractivity contribution in [3.63, 3.8) is 0 Å². The summed E-state index contributed by atoms with van der Waals surface area (Å²) in [6, 6.07) is 1.28. The lowest BCUT2D eigenvalue weighted by Crippen LogP contribution is -2.14. The Morgan fingerprint density at radius 1 is 1.68 bits per heavy atom. The zero-order valence-corrected chi connectivity index (χ0v) is 12.4. The molecule has 1 saturated carbocycles. The second-order valence-electron chi connectivity index (χ2n) is 4.27. The molecular weight excluding hydrogens is 311 g/mol. The van der Waals surface area contributed by atoms with E-state index < -0.39 is 10.3 Å². The lowest BCUT2D eigenvalue weighted by molar-refractivity contribution is -0.139. The summed E-state index contributed by atoms with van der Waals surface area (Å²) in [6.07, 6.45) is 0.724. The van der Waals surface area contributed by atoms with Gasteiger partial charge in [-0.25, -0.2) is 4.98 Å². The number of aromatic amines is 1. The van der Waals surface area contributed by atoms with Crippen molar-refractivity contribution in [2.45, 2.75) is 22.3 Å². The number of esters is 1. The number of carbonyl (C=O) groups is 1. The monoisotopic (exact) mass is 322 g/mol. The van der Waals surface area contributed by atoms with Crippen LogP contribution in [0, 0.1) is 5.92 Å². The van der Waals surface area contributed by atoms with E-state index in [1.807, 2.05) is 0 Å². The minimum absolute atomic E-state index is 0.0215. The largest absolute Gasteiger partial charge is 0.469 e. The molecule has 5 nitrogen and oxygen atoms in total. The number of carbonyl (C=O) groups excluding carboxylic acids is 1. The minimum Gasteiger partial charge on any atom is -0.469 e. The highest BCUT2D eigenvalue weighted by molar-refractivity contribution is 7.99. The first-order valence-electron chi connectivity index (χ1n) is 5.58. The van der Waals surface area contributed by atoms with Crippen molar-refractivity contribution >= 4 is 40.9 Å². The van der Waals surface area contributed by atoms with E-state index in [9.17, 15) is 9.59 Å². The fourth-order valence-electron chi connectivity index (χ4n) is 1.49. The van der Waals surface area contributed by atoms with Crippen molar-refractivity contribution in [2.24, 2.45) is 5.92 Å². The molecule has 0 spiro atoms. The summed E-state index contributed by atoms with van der Waals surface area (Å²) in [4.78, 5) is 29.4. The molecule has 0 amide bonds. The van der Waals surface area contributed by atoms with E-state index in [4.69, 9.17) is 23.2 Å². The van der Waals surface area contributed by atoms with E-state index in [0.29, 0.717) is 16.6 Å². The minimum atomic E-state index is -0.642. The normalized spacial score (nSPS) is 20.1. The summed E-state index contributed by atoms with van der Waals surface area (Å²) in [5.74, 6) is 0.449. The summed E-state index contributed by atoms with van der Waals surface area (Å²) in [7, 11) is 1.29. The summed E-state index contributed by atoms with van der Waals surface area (Å²) in [5.41, 5.74) is 0.0899. The van der Waals surface area contributed by atoms with Gasteiger partial charge in [0, 0.05) is 17.7 Å². The summed E-state index contributed by atoms with van der Waals surface area (Å²) in [5, 5.41) is 0.461. The van der Waals surface area contributed by atoms with Crippen LogP contribution >= 0.6 is 35.0 Å². The molecule has 1 atom stereocenters. The molecule has 0 radical (unpaired) electrons. The maximum Gasteiger partial charge on any atom is 0.311 e. The van der Waals surface area contributed by atoms with E-state index in [0.717, 1.165) is 6.42 Å². The number of hydrogen-bond acceptors (Lipinski definition) is 5. The molecule has 1 aromatic heterocycles. The van der Waals surface area contributed by atoms with Gasteiger partial charge in [-0.2, -0.15) is 0 Å². The third-order valence-electron chi connectivity index (χ3n) is 2.70. The van der Waals surface area contributed by atoms with Crippen molar-refractivity contribution in [3.05, 3.63) is 22.1 Å². The Kier molecular flexibility index (Phi) is 4.43. The summed E-state index contributed by atoms with van der Waals surface area (Å²) >= 11 is 13.2. The predicted octanol–water partition coefficient (Wildman–Crippen LogP) is 1.77. The van der Waals surface area contributed by atoms with Gasteiger partial charge in [0.25, 0.3) is 5.56 Å². The maximum atomic E-state index is 11.5. The van der Waals surface area contributed by atoms with Gasteiger partial charge in [-0.05, 0) is 6.42 Å². The molecule has 1 aliphatic carbocycles. The van der Waals surface area contributed by atoms with Gasteiger partial charge in [-0.15, -0.1) is 23.2 Å². The first-order chi connectivity index (χ1) is 8.90. The molecule has 0 aliphatic heterocycles. The Bertz CT molecular complexity index is 547. The smallest absolute Gasteiger partial charge is 0.311 e. The molecule has 0 aromatic carbocycles. The first kappa shape index (κ1) is 14.7. The molecule has 19 heavy (non-hydrogen) atoms. The number of thioether (sulfide) groups is 1. The highest BCUT2D eigenvalue weighted by atomic mass is 35.5. The lowest BCUT2D eigenvalue weighted by atomic mass is 10.3. The maximum absolute atomic E-state index is 11.5. The SMILES string of the molecule is COC(=O)Cc1cc(=O)[nH]c(SC[C@H]2CC2(Cl)Cl)n1. The van der Waals surface area contributed by atoms with E-state index in [-0.39, 0.29) is 17.9 Å².